The summed E-state index contributed by atoms with van der Waals surface area (Å²) in [5.74, 6) is -0.601. The van der Waals surface area contributed by atoms with Crippen LogP contribution in [0.25, 0.3) is 11.0 Å². The number of carbonyl (C=O) groups is 1. The van der Waals surface area contributed by atoms with Crippen LogP contribution in [0, 0.1) is 17.1 Å². The summed E-state index contributed by atoms with van der Waals surface area (Å²) in [5, 5.41) is 17.3. The van der Waals surface area contributed by atoms with Crippen molar-refractivity contribution in [3.05, 3.63) is 23.5 Å². The van der Waals surface area contributed by atoms with Crippen molar-refractivity contribution < 1.29 is 13.9 Å². The van der Waals surface area contributed by atoms with Gasteiger partial charge < -0.3 is 9.64 Å². The second-order valence-electron chi connectivity index (χ2n) is 6.80. The van der Waals surface area contributed by atoms with E-state index in [1.165, 1.54) is 12.1 Å². The first-order valence-electron chi connectivity index (χ1n) is 7.71. The maximum absolute atomic E-state index is 13.9. The first kappa shape index (κ1) is 16.2. The molecule has 0 radical (unpaired) electrons. The lowest BCUT2D eigenvalue weighted by Crippen LogP contribution is -2.35. The molecule has 1 aliphatic rings. The molecule has 1 unspecified atom stereocenters. The number of nitriles is 1. The van der Waals surface area contributed by atoms with E-state index in [-0.39, 0.29) is 17.7 Å². The first-order valence-corrected chi connectivity index (χ1v) is 7.71. The largest absolute Gasteiger partial charge is 0.444 e. The maximum Gasteiger partial charge on any atom is 0.410 e. The van der Waals surface area contributed by atoms with E-state index in [1.807, 2.05) is 26.8 Å². The van der Waals surface area contributed by atoms with Crippen molar-refractivity contribution in [1.29, 1.82) is 5.26 Å². The van der Waals surface area contributed by atoms with E-state index in [2.05, 4.69) is 10.3 Å². The van der Waals surface area contributed by atoms with Gasteiger partial charge in [0, 0.05) is 13.1 Å². The standard InChI is InChI=1S/C16H18FN5O2/c1-16(2,3)24-15(23)21-7-6-10(9-21)22-14-11(8-18)12(17)4-5-13(14)19-20-22/h4-5,10H,6-7,9H2,1-3H3. The van der Waals surface area contributed by atoms with Crippen LogP contribution in [0.1, 0.15) is 38.8 Å². The van der Waals surface area contributed by atoms with Crippen molar-refractivity contribution in [2.45, 2.75) is 38.8 Å². The van der Waals surface area contributed by atoms with Crippen LogP contribution in [-0.4, -0.2) is 44.7 Å². The third kappa shape index (κ3) is 2.89. The highest BCUT2D eigenvalue weighted by atomic mass is 19.1. The van der Waals surface area contributed by atoms with E-state index in [1.54, 1.807) is 9.58 Å². The molecule has 0 saturated carbocycles. The van der Waals surface area contributed by atoms with Crippen LogP contribution in [0.15, 0.2) is 12.1 Å². The second-order valence-corrected chi connectivity index (χ2v) is 6.80. The third-order valence-electron chi connectivity index (χ3n) is 3.86. The highest BCUT2D eigenvalue weighted by Crippen LogP contribution is 2.28. The lowest BCUT2D eigenvalue weighted by atomic mass is 10.1. The molecule has 0 aliphatic carbocycles. The Labute approximate surface area is 138 Å². The summed E-state index contributed by atoms with van der Waals surface area (Å²) in [6.45, 7) is 6.33. The normalized spacial score (nSPS) is 18.0. The van der Waals surface area contributed by atoms with Gasteiger partial charge in [-0.3, -0.25) is 0 Å². The highest BCUT2D eigenvalue weighted by molar-refractivity contribution is 5.81. The Morgan fingerprint density at radius 3 is 2.88 bits per heavy atom. The summed E-state index contributed by atoms with van der Waals surface area (Å²) >= 11 is 0. The molecule has 0 N–H and O–H groups in total. The van der Waals surface area contributed by atoms with Gasteiger partial charge in [0.2, 0.25) is 0 Å². The fourth-order valence-electron chi connectivity index (χ4n) is 2.80. The minimum absolute atomic E-state index is 0.0757. The number of carbonyl (C=O) groups excluding carboxylic acids is 1. The van der Waals surface area contributed by atoms with Gasteiger partial charge in [-0.05, 0) is 39.3 Å². The molecule has 1 atom stereocenters. The number of likely N-dealkylation sites (tertiary alicyclic amines) is 1. The molecule has 1 saturated heterocycles. The molecule has 126 valence electrons. The van der Waals surface area contributed by atoms with Crippen LogP contribution in [0.2, 0.25) is 0 Å². The van der Waals surface area contributed by atoms with Crippen molar-refractivity contribution in [2.75, 3.05) is 13.1 Å². The van der Waals surface area contributed by atoms with Crippen molar-refractivity contribution >= 4 is 17.1 Å². The van der Waals surface area contributed by atoms with Crippen molar-refractivity contribution in [1.82, 2.24) is 19.9 Å². The molecule has 1 amide bonds. The summed E-state index contributed by atoms with van der Waals surface area (Å²) in [6.07, 6.45) is 0.250. The first-order chi connectivity index (χ1) is 11.3. The van der Waals surface area contributed by atoms with Gasteiger partial charge in [-0.15, -0.1) is 5.10 Å². The van der Waals surface area contributed by atoms with Gasteiger partial charge in [-0.1, -0.05) is 5.21 Å². The molecule has 3 rings (SSSR count). The summed E-state index contributed by atoms with van der Waals surface area (Å²) < 4.78 is 20.8. The zero-order valence-corrected chi connectivity index (χ0v) is 13.8. The van der Waals surface area contributed by atoms with Gasteiger partial charge in [0.1, 0.15) is 34.1 Å². The smallest absolute Gasteiger partial charge is 0.410 e. The van der Waals surface area contributed by atoms with Gasteiger partial charge in [-0.2, -0.15) is 5.26 Å². The van der Waals surface area contributed by atoms with Gasteiger partial charge in [0.15, 0.2) is 0 Å². The number of amides is 1. The number of aromatic nitrogens is 3. The SMILES string of the molecule is CC(C)(C)OC(=O)N1CCC(n2nnc3ccc(F)c(C#N)c32)C1. The second kappa shape index (κ2) is 5.74. The average Bonchev–Trinajstić information content (AvgIpc) is 3.11. The van der Waals surface area contributed by atoms with Crippen LogP contribution in [-0.2, 0) is 4.74 Å². The highest BCUT2D eigenvalue weighted by Gasteiger charge is 2.32. The summed E-state index contributed by atoms with van der Waals surface area (Å²) in [4.78, 5) is 13.8. The van der Waals surface area contributed by atoms with E-state index < -0.39 is 11.4 Å². The Morgan fingerprint density at radius 1 is 1.46 bits per heavy atom. The number of fused-ring (bicyclic) bond motifs is 1. The van der Waals surface area contributed by atoms with Crippen LogP contribution >= 0.6 is 0 Å². The fraction of sp³-hybridized carbons (Fsp3) is 0.500. The number of hydrogen-bond donors (Lipinski definition) is 0. The number of hydrogen-bond acceptors (Lipinski definition) is 5. The molecule has 8 heteroatoms. The van der Waals surface area contributed by atoms with Crippen molar-refractivity contribution in [3.8, 4) is 6.07 Å². The van der Waals surface area contributed by atoms with Gasteiger partial charge >= 0.3 is 6.09 Å². The molecule has 0 spiro atoms. The Hall–Kier alpha value is -2.69. The Balaban J connectivity index is 1.87. The Bertz CT molecular complexity index is 833. The molecule has 2 aromatic rings. The minimum Gasteiger partial charge on any atom is -0.444 e. The van der Waals surface area contributed by atoms with Crippen molar-refractivity contribution in [3.63, 3.8) is 0 Å². The molecule has 1 aliphatic heterocycles. The zero-order valence-electron chi connectivity index (χ0n) is 13.8. The van der Waals surface area contributed by atoms with Crippen LogP contribution in [0.5, 0.6) is 0 Å². The monoisotopic (exact) mass is 331 g/mol. The molecule has 0 bridgehead atoms. The number of halogens is 1. The lowest BCUT2D eigenvalue weighted by Gasteiger charge is -2.24. The van der Waals surface area contributed by atoms with E-state index in [0.29, 0.717) is 30.5 Å². The molecule has 2 heterocycles. The van der Waals surface area contributed by atoms with E-state index >= 15 is 0 Å². The maximum atomic E-state index is 13.9. The molecular weight excluding hydrogens is 313 g/mol. The molecule has 1 aromatic heterocycles. The van der Waals surface area contributed by atoms with Crippen LogP contribution in [0.4, 0.5) is 9.18 Å². The molecule has 24 heavy (non-hydrogen) atoms. The Morgan fingerprint density at radius 2 is 2.21 bits per heavy atom. The topological polar surface area (TPSA) is 84.0 Å². The van der Waals surface area contributed by atoms with E-state index in [4.69, 9.17) is 4.74 Å². The van der Waals surface area contributed by atoms with Gasteiger partial charge in [0.25, 0.3) is 0 Å². The predicted molar refractivity (Wildman–Crippen MR) is 83.7 cm³/mol. The molecule has 7 nitrogen and oxygen atoms in total. The van der Waals surface area contributed by atoms with Gasteiger partial charge in [-0.25, -0.2) is 13.9 Å². The van der Waals surface area contributed by atoms with Gasteiger partial charge in [0.05, 0.1) is 6.04 Å². The quantitative estimate of drug-likeness (QED) is 0.802. The number of ether oxygens (including phenoxy) is 1. The average molecular weight is 331 g/mol. The summed E-state index contributed by atoms with van der Waals surface area (Å²) in [6, 6.07) is 4.41. The minimum atomic E-state index is -0.601. The lowest BCUT2D eigenvalue weighted by molar-refractivity contribution is 0.0288. The third-order valence-corrected chi connectivity index (χ3v) is 3.86. The number of rotatable bonds is 1. The molecular formula is C16H18FN5O2. The van der Waals surface area contributed by atoms with Crippen molar-refractivity contribution in [2.24, 2.45) is 0 Å². The molecule has 1 fully saturated rings. The number of nitrogens with zero attached hydrogens (tertiary/aromatic N) is 5. The van der Waals surface area contributed by atoms with E-state index in [0.717, 1.165) is 0 Å². The molecule has 1 aromatic carbocycles. The van der Waals surface area contributed by atoms with Crippen LogP contribution < -0.4 is 0 Å². The van der Waals surface area contributed by atoms with E-state index in [9.17, 15) is 14.4 Å². The Kier molecular flexibility index (Phi) is 3.87. The van der Waals surface area contributed by atoms with Crippen LogP contribution in [0.3, 0.4) is 0 Å². The fourth-order valence-corrected chi connectivity index (χ4v) is 2.80. The number of benzene rings is 1. The summed E-state index contributed by atoms with van der Waals surface area (Å²) in [5.41, 5.74) is 0.192. The predicted octanol–water partition coefficient (Wildman–Crippen LogP) is 2.62. The summed E-state index contributed by atoms with van der Waals surface area (Å²) in [7, 11) is 0. The zero-order chi connectivity index (χ0) is 17.5.